The number of rotatable bonds is 7. The summed E-state index contributed by atoms with van der Waals surface area (Å²) in [4.78, 5) is 23.9. The van der Waals surface area contributed by atoms with Gasteiger partial charge in [-0.1, -0.05) is 19.9 Å². The minimum absolute atomic E-state index is 0.112. The summed E-state index contributed by atoms with van der Waals surface area (Å²) in [5.41, 5.74) is 6.37. The number of methoxy groups -OCH3 is 1. The zero-order chi connectivity index (χ0) is 17.6. The smallest absolute Gasteiger partial charge is 0.328 e. The summed E-state index contributed by atoms with van der Waals surface area (Å²) in [6.45, 7) is 3.90. The average molecular weight is 324 g/mol. The SMILES string of the molecule is COC(=O)[C@H](Cc1ccc(O)c(O)c1)NC(=O)[C@@H](N)CC(C)C. The fraction of sp³-hybridized carbons (Fsp3) is 0.500. The molecule has 2 atom stereocenters. The summed E-state index contributed by atoms with van der Waals surface area (Å²) in [7, 11) is 1.23. The van der Waals surface area contributed by atoms with Gasteiger partial charge in [-0.25, -0.2) is 4.79 Å². The van der Waals surface area contributed by atoms with Crippen LogP contribution >= 0.6 is 0 Å². The van der Waals surface area contributed by atoms with Gasteiger partial charge in [-0.15, -0.1) is 0 Å². The molecule has 5 N–H and O–H groups in total. The van der Waals surface area contributed by atoms with Crippen molar-refractivity contribution >= 4 is 11.9 Å². The van der Waals surface area contributed by atoms with Gasteiger partial charge in [-0.05, 0) is 30.0 Å². The number of phenols is 2. The molecule has 0 aliphatic carbocycles. The quantitative estimate of drug-likeness (QED) is 0.432. The molecule has 0 spiro atoms. The third-order valence-electron chi connectivity index (χ3n) is 3.34. The normalized spacial score (nSPS) is 13.4. The molecular weight excluding hydrogens is 300 g/mol. The molecule has 1 aromatic rings. The van der Waals surface area contributed by atoms with Crippen LogP contribution in [0, 0.1) is 5.92 Å². The van der Waals surface area contributed by atoms with Crippen LogP contribution in [0.3, 0.4) is 0 Å². The number of aromatic hydroxyl groups is 2. The second-order valence-corrected chi connectivity index (χ2v) is 5.85. The third kappa shape index (κ3) is 5.78. The van der Waals surface area contributed by atoms with E-state index in [0.29, 0.717) is 12.0 Å². The molecule has 0 radical (unpaired) electrons. The molecule has 0 saturated carbocycles. The maximum Gasteiger partial charge on any atom is 0.328 e. The van der Waals surface area contributed by atoms with Crippen molar-refractivity contribution in [2.45, 2.75) is 38.8 Å². The number of benzene rings is 1. The molecule has 0 saturated heterocycles. The Morgan fingerprint density at radius 1 is 1.26 bits per heavy atom. The van der Waals surface area contributed by atoms with E-state index in [4.69, 9.17) is 10.5 Å². The van der Waals surface area contributed by atoms with Crippen molar-refractivity contribution in [1.29, 1.82) is 0 Å². The minimum atomic E-state index is -0.922. The van der Waals surface area contributed by atoms with Crippen LogP contribution in [-0.2, 0) is 20.7 Å². The lowest BCUT2D eigenvalue weighted by molar-refractivity contribution is -0.145. The highest BCUT2D eigenvalue weighted by Gasteiger charge is 2.25. The molecule has 0 aliphatic rings. The van der Waals surface area contributed by atoms with E-state index in [1.807, 2.05) is 13.8 Å². The third-order valence-corrected chi connectivity index (χ3v) is 3.34. The van der Waals surface area contributed by atoms with Gasteiger partial charge in [0, 0.05) is 6.42 Å². The molecule has 128 valence electrons. The first-order valence-electron chi connectivity index (χ1n) is 7.39. The van der Waals surface area contributed by atoms with E-state index in [0.717, 1.165) is 0 Å². The fourth-order valence-electron chi connectivity index (χ4n) is 2.16. The highest BCUT2D eigenvalue weighted by molar-refractivity contribution is 5.87. The van der Waals surface area contributed by atoms with Crippen molar-refractivity contribution in [3.8, 4) is 11.5 Å². The van der Waals surface area contributed by atoms with Gasteiger partial charge in [0.2, 0.25) is 5.91 Å². The Bertz CT molecular complexity index is 559. The van der Waals surface area contributed by atoms with E-state index < -0.39 is 24.0 Å². The van der Waals surface area contributed by atoms with Crippen molar-refractivity contribution in [3.63, 3.8) is 0 Å². The van der Waals surface area contributed by atoms with Crippen LogP contribution in [0.2, 0.25) is 0 Å². The van der Waals surface area contributed by atoms with Crippen molar-refractivity contribution in [2.24, 2.45) is 11.7 Å². The first kappa shape index (κ1) is 18.8. The van der Waals surface area contributed by atoms with Gasteiger partial charge in [0.15, 0.2) is 11.5 Å². The van der Waals surface area contributed by atoms with E-state index in [2.05, 4.69) is 5.32 Å². The van der Waals surface area contributed by atoms with Crippen LogP contribution in [0.1, 0.15) is 25.8 Å². The Labute approximate surface area is 135 Å². The standard InChI is InChI=1S/C16H24N2O5/c1-9(2)6-11(17)15(21)18-12(16(22)23-3)7-10-4-5-13(19)14(20)8-10/h4-5,8-9,11-12,19-20H,6-7,17H2,1-3H3,(H,18,21)/t11-,12-/m0/s1. The zero-order valence-electron chi connectivity index (χ0n) is 13.6. The Kier molecular flexibility index (Phi) is 6.84. The molecule has 7 nitrogen and oxygen atoms in total. The van der Waals surface area contributed by atoms with Crippen LogP contribution in [0.4, 0.5) is 0 Å². The molecule has 1 aromatic carbocycles. The number of carbonyl (C=O) groups is 2. The first-order chi connectivity index (χ1) is 10.7. The van der Waals surface area contributed by atoms with Gasteiger partial charge < -0.3 is 26.0 Å². The second kappa shape index (κ2) is 8.38. The highest BCUT2D eigenvalue weighted by Crippen LogP contribution is 2.25. The van der Waals surface area contributed by atoms with Crippen molar-refractivity contribution in [1.82, 2.24) is 5.32 Å². The molecular formula is C16H24N2O5. The first-order valence-corrected chi connectivity index (χ1v) is 7.39. The highest BCUT2D eigenvalue weighted by atomic mass is 16.5. The van der Waals surface area contributed by atoms with E-state index in [1.54, 1.807) is 6.07 Å². The topological polar surface area (TPSA) is 122 Å². The van der Waals surface area contributed by atoms with Gasteiger partial charge in [0.25, 0.3) is 0 Å². The van der Waals surface area contributed by atoms with Crippen molar-refractivity contribution in [2.75, 3.05) is 7.11 Å². The summed E-state index contributed by atoms with van der Waals surface area (Å²) in [5.74, 6) is -1.35. The Morgan fingerprint density at radius 2 is 1.91 bits per heavy atom. The van der Waals surface area contributed by atoms with E-state index in [1.165, 1.54) is 19.2 Å². The van der Waals surface area contributed by atoms with Crippen LogP contribution in [0.15, 0.2) is 18.2 Å². The molecule has 1 rings (SSSR count). The molecule has 0 unspecified atom stereocenters. The van der Waals surface area contributed by atoms with Gasteiger partial charge in [0.05, 0.1) is 13.2 Å². The molecule has 0 fully saturated rings. The van der Waals surface area contributed by atoms with Crippen LogP contribution in [-0.4, -0.2) is 41.3 Å². The maximum absolute atomic E-state index is 12.1. The summed E-state index contributed by atoms with van der Waals surface area (Å²) in [6, 6.07) is 2.55. The summed E-state index contributed by atoms with van der Waals surface area (Å²) in [5, 5.41) is 21.4. The van der Waals surface area contributed by atoms with Gasteiger partial charge in [0.1, 0.15) is 6.04 Å². The van der Waals surface area contributed by atoms with Crippen LogP contribution in [0.5, 0.6) is 11.5 Å². The molecule has 0 heterocycles. The van der Waals surface area contributed by atoms with E-state index in [-0.39, 0.29) is 23.8 Å². The lowest BCUT2D eigenvalue weighted by atomic mass is 10.0. The Balaban J connectivity index is 2.82. The number of esters is 1. The summed E-state index contributed by atoms with van der Waals surface area (Å²) < 4.78 is 4.69. The molecule has 0 aromatic heterocycles. The number of amides is 1. The Morgan fingerprint density at radius 3 is 2.43 bits per heavy atom. The molecule has 0 aliphatic heterocycles. The number of carbonyl (C=O) groups excluding carboxylic acids is 2. The number of ether oxygens (including phenoxy) is 1. The zero-order valence-corrected chi connectivity index (χ0v) is 13.6. The molecule has 0 bridgehead atoms. The van der Waals surface area contributed by atoms with Crippen molar-refractivity contribution < 1.29 is 24.5 Å². The van der Waals surface area contributed by atoms with Crippen LogP contribution < -0.4 is 11.1 Å². The molecule has 1 amide bonds. The summed E-state index contributed by atoms with van der Waals surface area (Å²) in [6.07, 6.45) is 0.611. The lowest BCUT2D eigenvalue weighted by Gasteiger charge is -2.20. The number of nitrogens with one attached hydrogen (secondary N) is 1. The maximum atomic E-state index is 12.1. The van der Waals surface area contributed by atoms with Crippen LogP contribution in [0.25, 0.3) is 0 Å². The average Bonchev–Trinajstić information content (AvgIpc) is 2.48. The largest absolute Gasteiger partial charge is 0.504 e. The Hall–Kier alpha value is -2.28. The number of phenolic OH excluding ortho intramolecular Hbond substituents is 2. The number of nitrogens with two attached hydrogens (primary N) is 1. The van der Waals surface area contributed by atoms with Gasteiger partial charge in [-0.2, -0.15) is 0 Å². The lowest BCUT2D eigenvalue weighted by Crippen LogP contribution is -2.50. The van der Waals surface area contributed by atoms with Gasteiger partial charge >= 0.3 is 5.97 Å². The minimum Gasteiger partial charge on any atom is -0.504 e. The second-order valence-electron chi connectivity index (χ2n) is 5.85. The van der Waals surface area contributed by atoms with E-state index >= 15 is 0 Å². The fourth-order valence-corrected chi connectivity index (χ4v) is 2.16. The van der Waals surface area contributed by atoms with Gasteiger partial charge in [-0.3, -0.25) is 4.79 Å². The molecule has 7 heteroatoms. The predicted molar refractivity (Wildman–Crippen MR) is 84.9 cm³/mol. The van der Waals surface area contributed by atoms with E-state index in [9.17, 15) is 19.8 Å². The summed E-state index contributed by atoms with van der Waals surface area (Å²) >= 11 is 0. The number of hydrogen-bond donors (Lipinski definition) is 4. The van der Waals surface area contributed by atoms with Crippen molar-refractivity contribution in [3.05, 3.63) is 23.8 Å². The monoisotopic (exact) mass is 324 g/mol. The number of hydrogen-bond acceptors (Lipinski definition) is 6. The predicted octanol–water partition coefficient (Wildman–Crippen LogP) is 0.671. The molecule has 23 heavy (non-hydrogen) atoms.